The number of likely N-dealkylation sites (N-methyl/N-ethyl adjacent to an activating group) is 1. The van der Waals surface area contributed by atoms with Crippen molar-refractivity contribution >= 4 is 5.69 Å². The maximum absolute atomic E-state index is 3.58. The van der Waals surface area contributed by atoms with Crippen molar-refractivity contribution in [3.63, 3.8) is 0 Å². The number of benzene rings is 1. The smallest absolute Gasteiger partial charge is 0.0397 e. The molecule has 3 rings (SSSR count). The van der Waals surface area contributed by atoms with Crippen LogP contribution in [-0.2, 0) is 12.8 Å². The van der Waals surface area contributed by atoms with Gasteiger partial charge in [-0.2, -0.15) is 0 Å². The second-order valence-corrected chi connectivity index (χ2v) is 5.82. The third-order valence-corrected chi connectivity index (χ3v) is 4.17. The summed E-state index contributed by atoms with van der Waals surface area (Å²) >= 11 is 0. The fourth-order valence-corrected chi connectivity index (χ4v) is 2.82. The largest absolute Gasteiger partial charge is 0.374 e. The molecule has 18 heavy (non-hydrogen) atoms. The molecule has 0 atom stereocenters. The molecule has 0 aromatic heterocycles. The molecule has 2 aliphatic rings. The second kappa shape index (κ2) is 5.31. The van der Waals surface area contributed by atoms with Gasteiger partial charge in [-0.25, -0.2) is 0 Å². The Morgan fingerprint density at radius 3 is 3.00 bits per heavy atom. The van der Waals surface area contributed by atoms with E-state index < -0.39 is 0 Å². The van der Waals surface area contributed by atoms with Crippen LogP contribution in [0.15, 0.2) is 18.2 Å². The maximum atomic E-state index is 3.58. The fraction of sp³-hybridized carbons (Fsp3) is 0.625. The van der Waals surface area contributed by atoms with Crippen LogP contribution in [0.2, 0.25) is 0 Å². The summed E-state index contributed by atoms with van der Waals surface area (Å²) < 4.78 is 0. The number of hydrogen-bond acceptors (Lipinski definition) is 2. The molecular weight excluding hydrogens is 220 g/mol. The monoisotopic (exact) mass is 244 g/mol. The molecule has 0 saturated heterocycles. The van der Waals surface area contributed by atoms with E-state index in [9.17, 15) is 0 Å². The van der Waals surface area contributed by atoms with Gasteiger partial charge in [-0.15, -0.1) is 0 Å². The van der Waals surface area contributed by atoms with Crippen molar-refractivity contribution in [3.8, 4) is 0 Å². The predicted octanol–water partition coefficient (Wildman–Crippen LogP) is 2.75. The quantitative estimate of drug-likeness (QED) is 0.774. The fourth-order valence-electron chi connectivity index (χ4n) is 2.82. The molecule has 0 unspecified atom stereocenters. The molecule has 0 amide bonds. The van der Waals surface area contributed by atoms with Crippen LogP contribution in [0.5, 0.6) is 0 Å². The number of fused-ring (bicyclic) bond motifs is 1. The van der Waals surface area contributed by atoms with Crippen LogP contribution in [0, 0.1) is 0 Å². The first-order valence-electron chi connectivity index (χ1n) is 7.39. The molecular formula is C16H24N2. The first kappa shape index (κ1) is 12.0. The summed E-state index contributed by atoms with van der Waals surface area (Å²) in [5.41, 5.74) is 4.51. The van der Waals surface area contributed by atoms with E-state index in [1.165, 1.54) is 62.9 Å². The molecule has 2 heteroatoms. The number of aryl methyl sites for hydroxylation is 1. The van der Waals surface area contributed by atoms with E-state index in [2.05, 4.69) is 35.5 Å². The minimum absolute atomic E-state index is 0.862. The standard InChI is InChI=1S/C16H24N2/c1-18-11-9-14-12-13(5-8-16(14)18)4-2-3-10-17-15-6-7-15/h5,8,12,15,17H,2-4,6-7,9-11H2,1H3. The number of nitrogens with zero attached hydrogens (tertiary/aromatic N) is 1. The van der Waals surface area contributed by atoms with Crippen molar-refractivity contribution in [1.82, 2.24) is 5.32 Å². The number of nitrogens with one attached hydrogen (secondary N) is 1. The van der Waals surface area contributed by atoms with Gasteiger partial charge in [0.15, 0.2) is 0 Å². The lowest BCUT2D eigenvalue weighted by Crippen LogP contribution is -2.17. The van der Waals surface area contributed by atoms with Gasteiger partial charge in [-0.1, -0.05) is 12.1 Å². The molecule has 0 radical (unpaired) electrons. The lowest BCUT2D eigenvalue weighted by atomic mass is 10.0. The van der Waals surface area contributed by atoms with Gasteiger partial charge < -0.3 is 10.2 Å². The van der Waals surface area contributed by atoms with Crippen LogP contribution in [0.4, 0.5) is 5.69 Å². The zero-order valence-electron chi connectivity index (χ0n) is 11.4. The van der Waals surface area contributed by atoms with Crippen LogP contribution >= 0.6 is 0 Å². The van der Waals surface area contributed by atoms with Crippen LogP contribution in [0.1, 0.15) is 36.8 Å². The summed E-state index contributed by atoms with van der Waals surface area (Å²) in [5, 5.41) is 3.58. The lowest BCUT2D eigenvalue weighted by molar-refractivity contribution is 0.620. The van der Waals surface area contributed by atoms with E-state index in [4.69, 9.17) is 0 Å². The molecule has 1 saturated carbocycles. The molecule has 0 spiro atoms. The maximum Gasteiger partial charge on any atom is 0.0397 e. The summed E-state index contributed by atoms with van der Waals surface area (Å²) in [4.78, 5) is 2.36. The van der Waals surface area contributed by atoms with E-state index in [0.717, 1.165) is 6.04 Å². The summed E-state index contributed by atoms with van der Waals surface area (Å²) in [7, 11) is 2.19. The summed E-state index contributed by atoms with van der Waals surface area (Å²) in [6, 6.07) is 7.91. The average Bonchev–Trinajstić information content (AvgIpc) is 3.13. The Balaban J connectivity index is 1.44. The third kappa shape index (κ3) is 2.86. The molecule has 2 nitrogen and oxygen atoms in total. The number of anilines is 1. The number of rotatable bonds is 6. The normalized spacial score (nSPS) is 18.2. The highest BCUT2D eigenvalue weighted by Gasteiger charge is 2.19. The predicted molar refractivity (Wildman–Crippen MR) is 77.4 cm³/mol. The Labute approximate surface area is 110 Å². The minimum atomic E-state index is 0.862. The number of unbranched alkanes of at least 4 members (excludes halogenated alkanes) is 1. The minimum Gasteiger partial charge on any atom is -0.374 e. The van der Waals surface area contributed by atoms with Gasteiger partial charge in [0.2, 0.25) is 0 Å². The van der Waals surface area contributed by atoms with Gasteiger partial charge in [0.25, 0.3) is 0 Å². The molecule has 1 N–H and O–H groups in total. The Bertz CT molecular complexity index is 410. The lowest BCUT2D eigenvalue weighted by Gasteiger charge is -2.12. The first-order chi connectivity index (χ1) is 8.83. The summed E-state index contributed by atoms with van der Waals surface area (Å²) in [6.07, 6.45) is 7.89. The molecule has 0 bridgehead atoms. The average molecular weight is 244 g/mol. The van der Waals surface area contributed by atoms with E-state index >= 15 is 0 Å². The van der Waals surface area contributed by atoms with Crippen molar-refractivity contribution in [1.29, 1.82) is 0 Å². The van der Waals surface area contributed by atoms with Crippen molar-refractivity contribution in [3.05, 3.63) is 29.3 Å². The Morgan fingerprint density at radius 1 is 1.28 bits per heavy atom. The molecule has 98 valence electrons. The van der Waals surface area contributed by atoms with Crippen molar-refractivity contribution in [2.45, 2.75) is 44.6 Å². The Hall–Kier alpha value is -1.02. The van der Waals surface area contributed by atoms with Gasteiger partial charge >= 0.3 is 0 Å². The Kier molecular flexibility index (Phi) is 3.55. The van der Waals surface area contributed by atoms with Crippen LogP contribution < -0.4 is 10.2 Å². The molecule has 1 heterocycles. The van der Waals surface area contributed by atoms with Gasteiger partial charge in [0.05, 0.1) is 0 Å². The molecule has 1 aromatic rings. The topological polar surface area (TPSA) is 15.3 Å². The summed E-state index contributed by atoms with van der Waals surface area (Å²) in [6.45, 7) is 2.39. The second-order valence-electron chi connectivity index (χ2n) is 5.82. The highest BCUT2D eigenvalue weighted by molar-refractivity contribution is 5.58. The van der Waals surface area contributed by atoms with Gasteiger partial charge in [0.1, 0.15) is 0 Å². The van der Waals surface area contributed by atoms with E-state index in [-0.39, 0.29) is 0 Å². The van der Waals surface area contributed by atoms with Crippen molar-refractivity contribution in [2.24, 2.45) is 0 Å². The summed E-state index contributed by atoms with van der Waals surface area (Å²) in [5.74, 6) is 0. The van der Waals surface area contributed by atoms with Crippen LogP contribution in [0.25, 0.3) is 0 Å². The zero-order valence-corrected chi connectivity index (χ0v) is 11.4. The third-order valence-electron chi connectivity index (χ3n) is 4.17. The van der Waals surface area contributed by atoms with E-state index in [1.54, 1.807) is 5.56 Å². The Morgan fingerprint density at radius 2 is 2.17 bits per heavy atom. The van der Waals surface area contributed by atoms with Crippen LogP contribution in [0.3, 0.4) is 0 Å². The zero-order chi connectivity index (χ0) is 12.4. The van der Waals surface area contributed by atoms with E-state index in [0.29, 0.717) is 0 Å². The molecule has 1 aliphatic carbocycles. The highest BCUT2D eigenvalue weighted by atomic mass is 15.1. The van der Waals surface area contributed by atoms with Crippen LogP contribution in [-0.4, -0.2) is 26.2 Å². The highest BCUT2D eigenvalue weighted by Crippen LogP contribution is 2.27. The molecule has 1 aliphatic heterocycles. The number of hydrogen-bond donors (Lipinski definition) is 1. The van der Waals surface area contributed by atoms with Gasteiger partial charge in [-0.3, -0.25) is 0 Å². The van der Waals surface area contributed by atoms with Crippen molar-refractivity contribution in [2.75, 3.05) is 25.0 Å². The first-order valence-corrected chi connectivity index (χ1v) is 7.39. The van der Waals surface area contributed by atoms with E-state index in [1.807, 2.05) is 0 Å². The molecule has 1 aromatic carbocycles. The van der Waals surface area contributed by atoms with Gasteiger partial charge in [-0.05, 0) is 62.3 Å². The van der Waals surface area contributed by atoms with Gasteiger partial charge in [0, 0.05) is 25.3 Å². The van der Waals surface area contributed by atoms with Crippen molar-refractivity contribution < 1.29 is 0 Å². The molecule has 1 fully saturated rings. The SMILES string of the molecule is CN1CCc2cc(CCCCNC3CC3)ccc21.